The molecule has 4 rings (SSSR count). The van der Waals surface area contributed by atoms with E-state index in [9.17, 15) is 26.3 Å². The summed E-state index contributed by atoms with van der Waals surface area (Å²) in [6.07, 6.45) is 4.93. The molecule has 1 heterocycles. The molecule has 34 heavy (non-hydrogen) atoms. The van der Waals surface area contributed by atoms with Crippen LogP contribution in [0.3, 0.4) is 0 Å². The van der Waals surface area contributed by atoms with Crippen LogP contribution in [0.15, 0.2) is 39.8 Å². The minimum Gasteiger partial charge on any atom is -0.386 e. The maximum absolute atomic E-state index is 13.9. The summed E-state index contributed by atoms with van der Waals surface area (Å²) < 4.78 is 85.4. The Morgan fingerprint density at radius 3 is 2.21 bits per heavy atom. The number of hydrogen-bond donors (Lipinski definition) is 1. The minimum absolute atomic E-state index is 0.0637. The Bertz CT molecular complexity index is 1230. The Labute approximate surface area is 196 Å². The van der Waals surface area contributed by atoms with Gasteiger partial charge in [0.1, 0.15) is 16.5 Å². The Morgan fingerprint density at radius 1 is 0.941 bits per heavy atom. The van der Waals surface area contributed by atoms with E-state index in [0.29, 0.717) is 0 Å². The van der Waals surface area contributed by atoms with Crippen LogP contribution >= 0.6 is 11.9 Å². The lowest BCUT2D eigenvalue weighted by molar-refractivity contribution is 0.287. The number of nitrogens with zero attached hydrogens (tertiary/aromatic N) is 2. The van der Waals surface area contributed by atoms with Crippen LogP contribution in [0.5, 0.6) is 0 Å². The van der Waals surface area contributed by atoms with Crippen molar-refractivity contribution in [2.24, 2.45) is 22.0 Å². The van der Waals surface area contributed by atoms with Crippen molar-refractivity contribution in [2.75, 3.05) is 0 Å². The maximum Gasteiger partial charge on any atom is 0.200 e. The predicted octanol–water partition coefficient (Wildman–Crippen LogP) is 7.04. The second-order valence-electron chi connectivity index (χ2n) is 8.47. The first-order valence-corrected chi connectivity index (χ1v) is 11.5. The molecule has 0 spiro atoms. The second kappa shape index (κ2) is 9.85. The highest BCUT2D eigenvalue weighted by molar-refractivity contribution is 7.98. The summed E-state index contributed by atoms with van der Waals surface area (Å²) in [7, 11) is 0. The van der Waals surface area contributed by atoms with E-state index in [4.69, 9.17) is 5.73 Å². The monoisotopic (exact) mass is 497 g/mol. The molecule has 1 fully saturated rings. The van der Waals surface area contributed by atoms with Crippen molar-refractivity contribution in [3.05, 3.63) is 70.9 Å². The van der Waals surface area contributed by atoms with Gasteiger partial charge in [-0.25, -0.2) is 26.3 Å². The zero-order chi connectivity index (χ0) is 24.6. The SMILES string of the molecule is CC(C(N)=NSc1c(F)c(F)c(F)c(F)c1F)C1CCC(c2ccnc3ccc(F)cc23)CC1. The first-order chi connectivity index (χ1) is 16.2. The van der Waals surface area contributed by atoms with Crippen LogP contribution in [0.4, 0.5) is 26.3 Å². The topological polar surface area (TPSA) is 51.3 Å². The molecule has 0 amide bonds. The van der Waals surface area contributed by atoms with E-state index >= 15 is 0 Å². The minimum atomic E-state index is -2.22. The number of rotatable bonds is 5. The molecular weight excluding hydrogens is 476 g/mol. The van der Waals surface area contributed by atoms with Gasteiger partial charge >= 0.3 is 0 Å². The number of halogens is 6. The molecule has 0 aliphatic heterocycles. The molecule has 2 N–H and O–H groups in total. The molecule has 0 bridgehead atoms. The zero-order valence-corrected chi connectivity index (χ0v) is 18.9. The molecule has 3 nitrogen and oxygen atoms in total. The summed E-state index contributed by atoms with van der Waals surface area (Å²) >= 11 is 0.135. The van der Waals surface area contributed by atoms with Gasteiger partial charge in [-0.3, -0.25) is 4.98 Å². The van der Waals surface area contributed by atoms with Crippen molar-refractivity contribution in [2.45, 2.75) is 43.4 Å². The van der Waals surface area contributed by atoms with Crippen LogP contribution in [0.25, 0.3) is 10.9 Å². The number of fused-ring (bicyclic) bond motifs is 1. The van der Waals surface area contributed by atoms with Crippen LogP contribution in [0.2, 0.25) is 0 Å². The number of amidine groups is 1. The zero-order valence-electron chi connectivity index (χ0n) is 18.1. The van der Waals surface area contributed by atoms with E-state index in [1.807, 2.05) is 13.0 Å². The van der Waals surface area contributed by atoms with E-state index in [-0.39, 0.29) is 41.4 Å². The van der Waals surface area contributed by atoms with Crippen molar-refractivity contribution < 1.29 is 26.3 Å². The Hall–Kier alpha value is -2.75. The number of benzene rings is 2. The average molecular weight is 498 g/mol. The van der Waals surface area contributed by atoms with E-state index < -0.39 is 34.0 Å². The van der Waals surface area contributed by atoms with Crippen molar-refractivity contribution in [1.82, 2.24) is 4.98 Å². The van der Waals surface area contributed by atoms with Gasteiger partial charge < -0.3 is 5.73 Å². The van der Waals surface area contributed by atoms with E-state index in [0.717, 1.165) is 42.1 Å². The number of pyridine rings is 1. The van der Waals surface area contributed by atoms with Gasteiger partial charge in [0.15, 0.2) is 23.3 Å². The highest BCUT2D eigenvalue weighted by atomic mass is 32.2. The fraction of sp³-hybridized carbons (Fsp3) is 0.333. The summed E-state index contributed by atoms with van der Waals surface area (Å²) in [5.41, 5.74) is 7.78. The van der Waals surface area contributed by atoms with E-state index in [2.05, 4.69) is 9.38 Å². The molecule has 1 unspecified atom stereocenters. The molecular formula is C24H21F6N3S. The quantitative estimate of drug-likeness (QED) is 0.103. The molecule has 1 aliphatic carbocycles. The molecule has 10 heteroatoms. The molecule has 1 saturated carbocycles. The van der Waals surface area contributed by atoms with E-state index in [1.165, 1.54) is 12.1 Å². The van der Waals surface area contributed by atoms with Gasteiger partial charge in [-0.05, 0) is 67.3 Å². The first-order valence-electron chi connectivity index (χ1n) is 10.7. The molecule has 1 atom stereocenters. The third-order valence-electron chi connectivity index (χ3n) is 6.53. The first kappa shape index (κ1) is 24.4. The molecule has 3 aromatic rings. The summed E-state index contributed by atoms with van der Waals surface area (Å²) in [6.45, 7) is 1.82. The van der Waals surface area contributed by atoms with Crippen LogP contribution in [-0.4, -0.2) is 10.8 Å². The Balaban J connectivity index is 1.45. The third kappa shape index (κ3) is 4.60. The lowest BCUT2D eigenvalue weighted by atomic mass is 9.73. The maximum atomic E-state index is 13.9. The van der Waals surface area contributed by atoms with Crippen molar-refractivity contribution in [1.29, 1.82) is 0 Å². The largest absolute Gasteiger partial charge is 0.386 e. The number of hydrogen-bond acceptors (Lipinski definition) is 3. The lowest BCUT2D eigenvalue weighted by Gasteiger charge is -2.32. The van der Waals surface area contributed by atoms with Crippen molar-refractivity contribution >= 4 is 28.7 Å². The highest BCUT2D eigenvalue weighted by Crippen LogP contribution is 2.41. The molecule has 1 aromatic heterocycles. The standard InChI is InChI=1S/C24H21F6N3S/c1-11(24(31)33-34-23-21(29)19(27)18(26)20(28)22(23)30)12-2-4-13(5-3-12)15-8-9-32-17-7-6-14(25)10-16(15)17/h6-13H,2-5H2,1H3,(H2,31,33). The van der Waals surface area contributed by atoms with Crippen molar-refractivity contribution in [3.8, 4) is 0 Å². The van der Waals surface area contributed by atoms with Crippen LogP contribution in [-0.2, 0) is 0 Å². The number of nitrogens with two attached hydrogens (primary N) is 1. The van der Waals surface area contributed by atoms with E-state index in [1.54, 1.807) is 12.3 Å². The van der Waals surface area contributed by atoms with Gasteiger partial charge in [-0.15, -0.1) is 0 Å². The van der Waals surface area contributed by atoms with Gasteiger partial charge in [0.2, 0.25) is 5.82 Å². The number of aromatic nitrogens is 1. The molecule has 180 valence electrons. The van der Waals surface area contributed by atoms with Gasteiger partial charge in [-0.2, -0.15) is 4.40 Å². The van der Waals surface area contributed by atoms with Crippen LogP contribution in [0, 0.1) is 46.7 Å². The summed E-state index contributed by atoms with van der Waals surface area (Å²) in [5.74, 6) is -10.3. The van der Waals surface area contributed by atoms with Gasteiger partial charge in [0.05, 0.1) is 5.52 Å². The summed E-state index contributed by atoms with van der Waals surface area (Å²) in [5, 5.41) is 0.791. The lowest BCUT2D eigenvalue weighted by Crippen LogP contribution is -2.30. The summed E-state index contributed by atoms with van der Waals surface area (Å²) in [4.78, 5) is 3.20. The average Bonchev–Trinajstić information content (AvgIpc) is 2.85. The van der Waals surface area contributed by atoms with Gasteiger partial charge in [-0.1, -0.05) is 6.92 Å². The second-order valence-corrected chi connectivity index (χ2v) is 9.24. The highest BCUT2D eigenvalue weighted by Gasteiger charge is 2.30. The molecule has 2 aromatic carbocycles. The van der Waals surface area contributed by atoms with Crippen molar-refractivity contribution in [3.63, 3.8) is 0 Å². The molecule has 1 aliphatic rings. The van der Waals surface area contributed by atoms with Gasteiger partial charge in [0.25, 0.3) is 0 Å². The Kier molecular flexibility index (Phi) is 7.06. The molecule has 0 saturated heterocycles. The smallest absolute Gasteiger partial charge is 0.200 e. The fourth-order valence-electron chi connectivity index (χ4n) is 4.51. The van der Waals surface area contributed by atoms with Gasteiger partial charge in [0, 0.05) is 29.4 Å². The fourth-order valence-corrected chi connectivity index (χ4v) is 5.22. The normalized spacial score (nSPS) is 20.0. The Morgan fingerprint density at radius 2 is 1.56 bits per heavy atom. The van der Waals surface area contributed by atoms with Crippen LogP contribution in [0.1, 0.15) is 44.1 Å². The summed E-state index contributed by atoms with van der Waals surface area (Å²) in [6, 6.07) is 6.44. The third-order valence-corrected chi connectivity index (χ3v) is 7.38. The molecule has 0 radical (unpaired) electrons. The predicted molar refractivity (Wildman–Crippen MR) is 119 cm³/mol. The van der Waals surface area contributed by atoms with Crippen LogP contribution < -0.4 is 5.73 Å².